The second-order valence-corrected chi connectivity index (χ2v) is 4.18. The zero-order valence-electron chi connectivity index (χ0n) is 10.4. The first-order valence-corrected chi connectivity index (χ1v) is 6.15. The molecule has 0 bridgehead atoms. The number of allylic oxidation sites excluding steroid dienone is 2. The average Bonchev–Trinajstić information content (AvgIpc) is 2.36. The molecule has 1 unspecified atom stereocenters. The van der Waals surface area contributed by atoms with Gasteiger partial charge in [0.15, 0.2) is 0 Å². The summed E-state index contributed by atoms with van der Waals surface area (Å²) in [7, 11) is 0. The fourth-order valence-electron chi connectivity index (χ4n) is 1.56. The number of alkyl halides is 2. The Kier molecular flexibility index (Phi) is 7.80. The van der Waals surface area contributed by atoms with Crippen LogP contribution in [0.1, 0.15) is 19.3 Å². The molecule has 0 aliphatic heterocycles. The fraction of sp³-hybridized carbons (Fsp3) is 0.692. The van der Waals surface area contributed by atoms with Crippen LogP contribution < -0.4 is 0 Å². The fourth-order valence-corrected chi connectivity index (χ4v) is 1.56. The summed E-state index contributed by atoms with van der Waals surface area (Å²) in [6.07, 6.45) is 5.49. The van der Waals surface area contributed by atoms with E-state index in [1.165, 1.54) is 0 Å². The van der Waals surface area contributed by atoms with Gasteiger partial charge >= 0.3 is 0 Å². The van der Waals surface area contributed by atoms with Crippen LogP contribution in [0.15, 0.2) is 23.8 Å². The summed E-state index contributed by atoms with van der Waals surface area (Å²) in [6, 6.07) is 0. The molecule has 1 N–H and O–H groups in total. The summed E-state index contributed by atoms with van der Waals surface area (Å²) in [5.74, 6) is 0. The molecule has 0 aromatic heterocycles. The zero-order valence-corrected chi connectivity index (χ0v) is 10.4. The SMILES string of the molecule is OC(CCOCC(F)F)COCC1=CCCC=C1. The first-order valence-electron chi connectivity index (χ1n) is 6.15. The molecule has 0 fully saturated rings. The van der Waals surface area contributed by atoms with Gasteiger partial charge in [-0.1, -0.05) is 18.2 Å². The van der Waals surface area contributed by atoms with E-state index in [1.807, 2.05) is 6.08 Å². The third-order valence-electron chi connectivity index (χ3n) is 2.49. The predicted molar refractivity (Wildman–Crippen MR) is 64.7 cm³/mol. The summed E-state index contributed by atoms with van der Waals surface area (Å²) in [6.45, 7) is 0.220. The topological polar surface area (TPSA) is 38.7 Å². The summed E-state index contributed by atoms with van der Waals surface area (Å²) < 4.78 is 33.5. The van der Waals surface area contributed by atoms with Crippen molar-refractivity contribution >= 4 is 0 Å². The van der Waals surface area contributed by atoms with Crippen LogP contribution >= 0.6 is 0 Å². The smallest absolute Gasteiger partial charge is 0.261 e. The van der Waals surface area contributed by atoms with Gasteiger partial charge < -0.3 is 14.6 Å². The highest BCUT2D eigenvalue weighted by atomic mass is 19.3. The minimum absolute atomic E-state index is 0.122. The van der Waals surface area contributed by atoms with Crippen LogP contribution in [-0.4, -0.2) is 44.1 Å². The van der Waals surface area contributed by atoms with Crippen molar-refractivity contribution in [1.82, 2.24) is 0 Å². The van der Waals surface area contributed by atoms with Crippen molar-refractivity contribution in [3.05, 3.63) is 23.8 Å². The predicted octanol–water partition coefficient (Wildman–Crippen LogP) is 2.31. The molecule has 0 radical (unpaired) electrons. The Labute approximate surface area is 106 Å². The molecular weight excluding hydrogens is 242 g/mol. The standard InChI is InChI=1S/C13H20F2O3/c14-13(15)10-17-7-6-12(16)9-18-8-11-4-2-1-3-5-11/h2,4-5,12-13,16H,1,3,6-10H2. The van der Waals surface area contributed by atoms with Gasteiger partial charge in [0.2, 0.25) is 0 Å². The second-order valence-electron chi connectivity index (χ2n) is 4.18. The normalized spacial score (nSPS) is 17.0. The van der Waals surface area contributed by atoms with Crippen LogP contribution in [0.5, 0.6) is 0 Å². The van der Waals surface area contributed by atoms with Gasteiger partial charge in [-0.3, -0.25) is 0 Å². The van der Waals surface area contributed by atoms with Gasteiger partial charge in [0.25, 0.3) is 6.43 Å². The van der Waals surface area contributed by atoms with Gasteiger partial charge in [-0.05, 0) is 24.8 Å². The lowest BCUT2D eigenvalue weighted by molar-refractivity contribution is -0.0101. The third-order valence-corrected chi connectivity index (χ3v) is 2.49. The molecule has 18 heavy (non-hydrogen) atoms. The Morgan fingerprint density at radius 1 is 1.22 bits per heavy atom. The molecule has 0 saturated carbocycles. The Morgan fingerprint density at radius 2 is 2.06 bits per heavy atom. The molecule has 5 heteroatoms. The lowest BCUT2D eigenvalue weighted by atomic mass is 10.1. The number of halogens is 2. The first-order chi connectivity index (χ1) is 8.68. The number of ether oxygens (including phenoxy) is 2. The largest absolute Gasteiger partial charge is 0.391 e. The lowest BCUT2D eigenvalue weighted by Gasteiger charge is -2.12. The van der Waals surface area contributed by atoms with E-state index in [2.05, 4.69) is 16.9 Å². The minimum Gasteiger partial charge on any atom is -0.391 e. The minimum atomic E-state index is -2.46. The van der Waals surface area contributed by atoms with E-state index >= 15 is 0 Å². The van der Waals surface area contributed by atoms with E-state index in [0.717, 1.165) is 18.4 Å². The molecular formula is C13H20F2O3. The average molecular weight is 262 g/mol. The number of aliphatic hydroxyl groups excluding tert-OH is 1. The van der Waals surface area contributed by atoms with E-state index in [-0.39, 0.29) is 13.2 Å². The van der Waals surface area contributed by atoms with Gasteiger partial charge in [-0.2, -0.15) is 0 Å². The van der Waals surface area contributed by atoms with Gasteiger partial charge in [-0.15, -0.1) is 0 Å². The third kappa shape index (κ3) is 7.53. The summed E-state index contributed by atoms with van der Waals surface area (Å²) in [4.78, 5) is 0. The summed E-state index contributed by atoms with van der Waals surface area (Å²) in [5.41, 5.74) is 1.11. The molecule has 0 aromatic carbocycles. The first kappa shape index (κ1) is 15.3. The molecule has 0 saturated heterocycles. The van der Waals surface area contributed by atoms with Crippen molar-refractivity contribution in [2.75, 3.05) is 26.4 Å². The Balaban J connectivity index is 1.98. The molecule has 1 aliphatic carbocycles. The number of hydrogen-bond acceptors (Lipinski definition) is 3. The molecule has 0 aromatic rings. The zero-order chi connectivity index (χ0) is 13.2. The lowest BCUT2D eigenvalue weighted by Crippen LogP contribution is -2.19. The van der Waals surface area contributed by atoms with E-state index in [9.17, 15) is 13.9 Å². The van der Waals surface area contributed by atoms with Crippen LogP contribution in [0, 0.1) is 0 Å². The van der Waals surface area contributed by atoms with Crippen molar-refractivity contribution in [2.24, 2.45) is 0 Å². The highest BCUT2D eigenvalue weighted by molar-refractivity contribution is 5.22. The van der Waals surface area contributed by atoms with Crippen molar-refractivity contribution in [3.63, 3.8) is 0 Å². The van der Waals surface area contributed by atoms with Crippen molar-refractivity contribution in [3.8, 4) is 0 Å². The number of aliphatic hydroxyl groups is 1. The monoisotopic (exact) mass is 262 g/mol. The van der Waals surface area contributed by atoms with Gasteiger partial charge in [0, 0.05) is 6.61 Å². The van der Waals surface area contributed by atoms with Crippen LogP contribution in [0.25, 0.3) is 0 Å². The van der Waals surface area contributed by atoms with E-state index < -0.39 is 19.1 Å². The van der Waals surface area contributed by atoms with Crippen molar-refractivity contribution < 1.29 is 23.4 Å². The Bertz CT molecular complexity index is 277. The molecule has 104 valence electrons. The number of rotatable bonds is 9. The van der Waals surface area contributed by atoms with Gasteiger partial charge in [-0.25, -0.2) is 8.78 Å². The quantitative estimate of drug-likeness (QED) is 0.648. The van der Waals surface area contributed by atoms with Crippen LogP contribution in [0.2, 0.25) is 0 Å². The Hall–Kier alpha value is -0.780. The molecule has 0 amide bonds. The maximum Gasteiger partial charge on any atom is 0.261 e. The Morgan fingerprint density at radius 3 is 2.72 bits per heavy atom. The van der Waals surface area contributed by atoms with Gasteiger partial charge in [0.05, 0.1) is 19.3 Å². The molecule has 1 atom stereocenters. The van der Waals surface area contributed by atoms with E-state index in [0.29, 0.717) is 13.0 Å². The molecule has 1 rings (SSSR count). The summed E-state index contributed by atoms with van der Waals surface area (Å²) in [5, 5.41) is 9.51. The maximum absolute atomic E-state index is 11.7. The van der Waals surface area contributed by atoms with Crippen LogP contribution in [-0.2, 0) is 9.47 Å². The van der Waals surface area contributed by atoms with Crippen LogP contribution in [0.4, 0.5) is 8.78 Å². The van der Waals surface area contributed by atoms with E-state index in [1.54, 1.807) is 0 Å². The second kappa shape index (κ2) is 9.19. The highest BCUT2D eigenvalue weighted by Crippen LogP contribution is 2.09. The number of hydrogen-bond donors (Lipinski definition) is 1. The van der Waals surface area contributed by atoms with Crippen molar-refractivity contribution in [2.45, 2.75) is 31.8 Å². The highest BCUT2D eigenvalue weighted by Gasteiger charge is 2.07. The maximum atomic E-state index is 11.7. The molecule has 0 spiro atoms. The molecule has 1 aliphatic rings. The van der Waals surface area contributed by atoms with Gasteiger partial charge in [0.1, 0.15) is 6.61 Å². The summed E-state index contributed by atoms with van der Waals surface area (Å²) >= 11 is 0. The van der Waals surface area contributed by atoms with Crippen molar-refractivity contribution in [1.29, 1.82) is 0 Å². The molecule has 3 nitrogen and oxygen atoms in total. The van der Waals surface area contributed by atoms with E-state index in [4.69, 9.17) is 4.74 Å². The van der Waals surface area contributed by atoms with Crippen LogP contribution in [0.3, 0.4) is 0 Å². The molecule has 0 heterocycles.